The zero-order valence-electron chi connectivity index (χ0n) is 14.9. The fourth-order valence-corrected chi connectivity index (χ4v) is 3.87. The first-order chi connectivity index (χ1) is 12.1. The number of aliphatic hydroxyl groups excluding tert-OH is 1. The van der Waals surface area contributed by atoms with Crippen molar-refractivity contribution >= 4 is 6.09 Å². The quantitative estimate of drug-likeness (QED) is 0.855. The maximum atomic E-state index is 12.9. The summed E-state index contributed by atoms with van der Waals surface area (Å²) < 4.78 is 17.6. The van der Waals surface area contributed by atoms with E-state index in [9.17, 15) is 9.90 Å². The molecule has 1 N–H and O–H groups in total. The van der Waals surface area contributed by atoms with Crippen molar-refractivity contribution in [3.05, 3.63) is 35.9 Å². The van der Waals surface area contributed by atoms with Crippen molar-refractivity contribution in [2.24, 2.45) is 0 Å². The van der Waals surface area contributed by atoms with Crippen LogP contribution in [0, 0.1) is 0 Å². The van der Waals surface area contributed by atoms with Crippen molar-refractivity contribution in [2.45, 2.75) is 63.7 Å². The van der Waals surface area contributed by atoms with Gasteiger partial charge in [0.1, 0.15) is 18.4 Å². The normalized spacial score (nSPS) is 27.3. The summed E-state index contributed by atoms with van der Waals surface area (Å²) in [5.41, 5.74) is 0.285. The molecule has 0 bridgehead atoms. The molecule has 1 aromatic carbocycles. The molecule has 1 amide bonds. The van der Waals surface area contributed by atoms with Gasteiger partial charge in [-0.3, -0.25) is 4.90 Å². The number of fused-ring (bicyclic) bond motifs is 1. The highest BCUT2D eigenvalue weighted by Gasteiger charge is 2.58. The van der Waals surface area contributed by atoms with E-state index in [-0.39, 0.29) is 37.6 Å². The van der Waals surface area contributed by atoms with E-state index in [0.29, 0.717) is 25.9 Å². The van der Waals surface area contributed by atoms with Crippen LogP contribution in [0.15, 0.2) is 30.3 Å². The number of ether oxygens (including phenoxy) is 3. The molecule has 0 spiro atoms. The van der Waals surface area contributed by atoms with Gasteiger partial charge in [-0.05, 0) is 24.8 Å². The predicted molar refractivity (Wildman–Crippen MR) is 91.9 cm³/mol. The first-order valence-corrected chi connectivity index (χ1v) is 9.05. The standard InChI is InChI=1S/C19H27NO5/c1-3-19(4-2)20(15-13-23-16(10-11-21)17(15)25-19)18(22)24-12-14-8-6-5-7-9-14/h5-9,15-17,21H,3-4,10-13H2,1-2H3/t15-,16-,17-/m0/s1. The minimum absolute atomic E-state index is 0.0426. The highest BCUT2D eigenvalue weighted by molar-refractivity contribution is 5.69. The smallest absolute Gasteiger partial charge is 0.412 e. The lowest BCUT2D eigenvalue weighted by atomic mass is 10.0. The Labute approximate surface area is 148 Å². The summed E-state index contributed by atoms with van der Waals surface area (Å²) in [7, 11) is 0. The highest BCUT2D eigenvalue weighted by atomic mass is 16.6. The average Bonchev–Trinajstić information content (AvgIpc) is 3.18. The van der Waals surface area contributed by atoms with Crippen LogP contribution >= 0.6 is 0 Å². The lowest BCUT2D eigenvalue weighted by Gasteiger charge is -2.37. The largest absolute Gasteiger partial charge is 0.444 e. The van der Waals surface area contributed by atoms with Crippen molar-refractivity contribution < 1.29 is 24.1 Å². The van der Waals surface area contributed by atoms with E-state index in [2.05, 4.69) is 0 Å². The fourth-order valence-electron chi connectivity index (χ4n) is 3.87. The number of hydrogen-bond donors (Lipinski definition) is 1. The van der Waals surface area contributed by atoms with Gasteiger partial charge in [-0.2, -0.15) is 0 Å². The summed E-state index contributed by atoms with van der Waals surface area (Å²) >= 11 is 0. The van der Waals surface area contributed by atoms with E-state index in [1.807, 2.05) is 44.2 Å². The topological polar surface area (TPSA) is 68.2 Å². The molecule has 138 valence electrons. The second kappa shape index (κ2) is 7.72. The zero-order valence-corrected chi connectivity index (χ0v) is 14.9. The third-order valence-electron chi connectivity index (χ3n) is 5.27. The number of aliphatic hydroxyl groups is 1. The van der Waals surface area contributed by atoms with E-state index in [0.717, 1.165) is 5.56 Å². The predicted octanol–water partition coefficient (Wildman–Crippen LogP) is 2.69. The molecule has 2 aliphatic rings. The molecule has 0 aliphatic carbocycles. The molecule has 0 unspecified atom stereocenters. The Kier molecular flexibility index (Phi) is 5.61. The number of carbonyl (C=O) groups excluding carboxylic acids is 1. The summed E-state index contributed by atoms with van der Waals surface area (Å²) in [6.07, 6.45) is 1.12. The third kappa shape index (κ3) is 3.38. The number of rotatable bonds is 6. The number of amides is 1. The lowest BCUT2D eigenvalue weighted by Crippen LogP contribution is -2.52. The molecule has 6 nitrogen and oxygen atoms in total. The minimum Gasteiger partial charge on any atom is -0.444 e. The molecule has 1 aromatic rings. The molecular formula is C19H27NO5. The summed E-state index contributed by atoms with van der Waals surface area (Å²) in [6.45, 7) is 4.73. The number of benzene rings is 1. The fraction of sp³-hybridized carbons (Fsp3) is 0.632. The van der Waals surface area contributed by atoms with E-state index in [1.165, 1.54) is 0 Å². The first kappa shape index (κ1) is 18.2. The molecule has 3 atom stereocenters. The molecule has 0 radical (unpaired) electrons. The van der Waals surface area contributed by atoms with Gasteiger partial charge in [0.25, 0.3) is 0 Å². The first-order valence-electron chi connectivity index (χ1n) is 9.05. The van der Waals surface area contributed by atoms with Crippen LogP contribution < -0.4 is 0 Å². The van der Waals surface area contributed by atoms with Crippen LogP contribution in [0.4, 0.5) is 4.79 Å². The molecule has 2 fully saturated rings. The number of carbonyl (C=O) groups is 1. The van der Waals surface area contributed by atoms with E-state index < -0.39 is 5.72 Å². The molecule has 0 saturated carbocycles. The second-order valence-electron chi connectivity index (χ2n) is 6.60. The van der Waals surface area contributed by atoms with Gasteiger partial charge in [0.15, 0.2) is 0 Å². The van der Waals surface area contributed by atoms with Gasteiger partial charge >= 0.3 is 6.09 Å². The summed E-state index contributed by atoms with van der Waals surface area (Å²) in [4.78, 5) is 14.6. The van der Waals surface area contributed by atoms with Crippen molar-refractivity contribution in [2.75, 3.05) is 13.2 Å². The van der Waals surface area contributed by atoms with Crippen LogP contribution in [0.25, 0.3) is 0 Å². The Hall–Kier alpha value is -1.63. The highest BCUT2D eigenvalue weighted by Crippen LogP contribution is 2.43. The molecule has 6 heteroatoms. The summed E-state index contributed by atoms with van der Waals surface area (Å²) in [5.74, 6) is 0. The van der Waals surface area contributed by atoms with E-state index >= 15 is 0 Å². The average molecular weight is 349 g/mol. The van der Waals surface area contributed by atoms with Crippen LogP contribution in [-0.4, -0.2) is 53.3 Å². The van der Waals surface area contributed by atoms with Gasteiger partial charge in [-0.1, -0.05) is 44.2 Å². The van der Waals surface area contributed by atoms with Gasteiger partial charge in [-0.15, -0.1) is 0 Å². The Morgan fingerprint density at radius 1 is 1.32 bits per heavy atom. The Morgan fingerprint density at radius 3 is 2.68 bits per heavy atom. The maximum Gasteiger partial charge on any atom is 0.412 e. The Morgan fingerprint density at radius 2 is 2.04 bits per heavy atom. The molecule has 2 aliphatic heterocycles. The van der Waals surface area contributed by atoms with Crippen LogP contribution in [0.5, 0.6) is 0 Å². The van der Waals surface area contributed by atoms with Gasteiger partial charge in [0, 0.05) is 6.61 Å². The van der Waals surface area contributed by atoms with Gasteiger partial charge in [0.05, 0.1) is 18.8 Å². The van der Waals surface area contributed by atoms with Crippen molar-refractivity contribution in [1.82, 2.24) is 4.90 Å². The Balaban J connectivity index is 1.75. The van der Waals surface area contributed by atoms with E-state index in [1.54, 1.807) is 4.90 Å². The summed E-state index contributed by atoms with van der Waals surface area (Å²) in [6, 6.07) is 9.47. The molecule has 25 heavy (non-hydrogen) atoms. The van der Waals surface area contributed by atoms with Crippen LogP contribution in [0.3, 0.4) is 0 Å². The lowest BCUT2D eigenvalue weighted by molar-refractivity contribution is -0.136. The van der Waals surface area contributed by atoms with Gasteiger partial charge < -0.3 is 19.3 Å². The molecule has 2 heterocycles. The molecule has 3 rings (SSSR count). The minimum atomic E-state index is -0.666. The third-order valence-corrected chi connectivity index (χ3v) is 5.27. The van der Waals surface area contributed by atoms with E-state index in [4.69, 9.17) is 14.2 Å². The number of hydrogen-bond acceptors (Lipinski definition) is 5. The van der Waals surface area contributed by atoms with Crippen molar-refractivity contribution in [3.8, 4) is 0 Å². The SMILES string of the molecule is CCC1(CC)O[C@@H]2[C@H](CCO)OC[C@@H]2N1C(=O)OCc1ccccc1. The monoisotopic (exact) mass is 349 g/mol. The molecule has 0 aromatic heterocycles. The van der Waals surface area contributed by atoms with Crippen molar-refractivity contribution in [1.29, 1.82) is 0 Å². The molecular weight excluding hydrogens is 322 g/mol. The Bertz CT molecular complexity index is 574. The zero-order chi connectivity index (χ0) is 17.9. The number of nitrogens with zero attached hydrogens (tertiary/aromatic N) is 1. The molecule has 2 saturated heterocycles. The van der Waals surface area contributed by atoms with Crippen LogP contribution in [-0.2, 0) is 20.8 Å². The van der Waals surface area contributed by atoms with Crippen LogP contribution in [0.1, 0.15) is 38.7 Å². The second-order valence-corrected chi connectivity index (χ2v) is 6.60. The summed E-state index contributed by atoms with van der Waals surface area (Å²) in [5, 5.41) is 9.24. The van der Waals surface area contributed by atoms with Crippen molar-refractivity contribution in [3.63, 3.8) is 0 Å². The van der Waals surface area contributed by atoms with Crippen LogP contribution in [0.2, 0.25) is 0 Å². The maximum absolute atomic E-state index is 12.9. The van der Waals surface area contributed by atoms with Gasteiger partial charge in [-0.25, -0.2) is 4.79 Å². The van der Waals surface area contributed by atoms with Gasteiger partial charge in [0.2, 0.25) is 0 Å².